The summed E-state index contributed by atoms with van der Waals surface area (Å²) in [6.07, 6.45) is 4.43. The van der Waals surface area contributed by atoms with Crippen LogP contribution in [0.2, 0.25) is 0 Å². The molecule has 19 heavy (non-hydrogen) atoms. The van der Waals surface area contributed by atoms with Crippen molar-refractivity contribution in [2.45, 2.75) is 38.3 Å². The maximum atomic E-state index is 12.7. The highest BCUT2D eigenvalue weighted by molar-refractivity contribution is 5.82. The minimum atomic E-state index is 0.110. The van der Waals surface area contributed by atoms with Crippen LogP contribution >= 0.6 is 0 Å². The molecule has 3 rings (SSSR count). The van der Waals surface area contributed by atoms with Gasteiger partial charge in [0.05, 0.1) is 6.04 Å². The van der Waals surface area contributed by atoms with Gasteiger partial charge in [-0.05, 0) is 44.0 Å². The number of hydrogen-bond donors (Lipinski definition) is 0. The Kier molecular flexibility index (Phi) is 3.56. The lowest BCUT2D eigenvalue weighted by atomic mass is 9.97. The van der Waals surface area contributed by atoms with Crippen molar-refractivity contribution in [1.82, 2.24) is 9.80 Å². The molecular formula is C16H22N2O. The summed E-state index contributed by atoms with van der Waals surface area (Å²) in [5.74, 6) is 0.330. The molecule has 1 fully saturated rings. The van der Waals surface area contributed by atoms with E-state index in [9.17, 15) is 4.79 Å². The number of carbonyl (C=O) groups excluding carboxylic acids is 1. The highest BCUT2D eigenvalue weighted by atomic mass is 16.2. The molecule has 0 N–H and O–H groups in total. The predicted molar refractivity (Wildman–Crippen MR) is 75.8 cm³/mol. The molecule has 1 unspecified atom stereocenters. The Morgan fingerprint density at radius 3 is 2.74 bits per heavy atom. The molecule has 0 aliphatic carbocycles. The summed E-state index contributed by atoms with van der Waals surface area (Å²) >= 11 is 0. The Hall–Kier alpha value is -1.35. The van der Waals surface area contributed by atoms with Crippen LogP contribution in [-0.2, 0) is 17.8 Å². The van der Waals surface area contributed by atoms with E-state index in [1.54, 1.807) is 0 Å². The summed E-state index contributed by atoms with van der Waals surface area (Å²) < 4.78 is 0. The van der Waals surface area contributed by atoms with Crippen molar-refractivity contribution in [3.63, 3.8) is 0 Å². The lowest BCUT2D eigenvalue weighted by Crippen LogP contribution is -2.50. The molecule has 1 aromatic carbocycles. The molecule has 3 heteroatoms. The summed E-state index contributed by atoms with van der Waals surface area (Å²) in [7, 11) is 2.08. The van der Waals surface area contributed by atoms with Crippen LogP contribution in [-0.4, -0.2) is 41.9 Å². The lowest BCUT2D eigenvalue weighted by molar-refractivity contribution is -0.138. The maximum Gasteiger partial charge on any atom is 0.240 e. The average Bonchev–Trinajstić information content (AvgIpc) is 2.46. The molecule has 1 atom stereocenters. The second-order valence-electron chi connectivity index (χ2n) is 5.77. The van der Waals surface area contributed by atoms with Crippen LogP contribution in [0, 0.1) is 0 Å². The van der Waals surface area contributed by atoms with E-state index in [1.807, 2.05) is 0 Å². The van der Waals surface area contributed by atoms with Crippen molar-refractivity contribution in [3.8, 4) is 0 Å². The van der Waals surface area contributed by atoms with Crippen LogP contribution in [0.1, 0.15) is 30.4 Å². The van der Waals surface area contributed by atoms with Crippen molar-refractivity contribution in [3.05, 3.63) is 35.4 Å². The summed E-state index contributed by atoms with van der Waals surface area (Å²) in [4.78, 5) is 16.9. The predicted octanol–water partition coefficient (Wildman–Crippen LogP) is 2.06. The summed E-state index contributed by atoms with van der Waals surface area (Å²) in [6.45, 7) is 2.72. The summed E-state index contributed by atoms with van der Waals surface area (Å²) in [6, 6.07) is 8.60. The number of likely N-dealkylation sites (tertiary alicyclic amines) is 1. The van der Waals surface area contributed by atoms with Gasteiger partial charge in [0.25, 0.3) is 0 Å². The van der Waals surface area contributed by atoms with Gasteiger partial charge < -0.3 is 4.90 Å². The van der Waals surface area contributed by atoms with Crippen LogP contribution in [0.3, 0.4) is 0 Å². The SMILES string of the molecule is CN1CCCCC1C(=O)N1CCc2ccccc2C1. The normalized spacial score (nSPS) is 24.1. The zero-order valence-electron chi connectivity index (χ0n) is 11.6. The van der Waals surface area contributed by atoms with Crippen molar-refractivity contribution < 1.29 is 4.79 Å². The molecule has 0 saturated carbocycles. The van der Waals surface area contributed by atoms with Crippen LogP contribution in [0.25, 0.3) is 0 Å². The van der Waals surface area contributed by atoms with Gasteiger partial charge >= 0.3 is 0 Å². The maximum absolute atomic E-state index is 12.7. The average molecular weight is 258 g/mol. The van der Waals surface area contributed by atoms with Crippen LogP contribution in [0.4, 0.5) is 0 Å². The summed E-state index contributed by atoms with van der Waals surface area (Å²) in [5.41, 5.74) is 2.73. The number of benzene rings is 1. The van der Waals surface area contributed by atoms with Crippen molar-refractivity contribution in [2.75, 3.05) is 20.1 Å². The molecule has 2 aliphatic heterocycles. The third kappa shape index (κ3) is 2.52. The fourth-order valence-electron chi connectivity index (χ4n) is 3.28. The number of amides is 1. The molecule has 1 saturated heterocycles. The first-order valence-electron chi connectivity index (χ1n) is 7.31. The Labute approximate surface area is 115 Å². The Bertz CT molecular complexity index is 472. The molecule has 3 nitrogen and oxygen atoms in total. The van der Waals surface area contributed by atoms with E-state index in [1.165, 1.54) is 24.0 Å². The Morgan fingerprint density at radius 1 is 1.16 bits per heavy atom. The Morgan fingerprint density at radius 2 is 1.95 bits per heavy atom. The van der Waals surface area contributed by atoms with Gasteiger partial charge in [0.1, 0.15) is 0 Å². The molecule has 0 bridgehead atoms. The molecule has 102 valence electrons. The molecule has 2 heterocycles. The molecular weight excluding hydrogens is 236 g/mol. The quantitative estimate of drug-likeness (QED) is 0.770. The largest absolute Gasteiger partial charge is 0.337 e. The van der Waals surface area contributed by atoms with E-state index >= 15 is 0 Å². The van der Waals surface area contributed by atoms with E-state index in [4.69, 9.17) is 0 Å². The first kappa shape index (κ1) is 12.7. The van der Waals surface area contributed by atoms with E-state index in [0.29, 0.717) is 5.91 Å². The monoisotopic (exact) mass is 258 g/mol. The number of nitrogens with zero attached hydrogens (tertiary/aromatic N) is 2. The number of hydrogen-bond acceptors (Lipinski definition) is 2. The summed E-state index contributed by atoms with van der Waals surface area (Å²) in [5, 5.41) is 0. The molecule has 0 radical (unpaired) electrons. The van der Waals surface area contributed by atoms with Gasteiger partial charge in [0.15, 0.2) is 0 Å². The van der Waals surface area contributed by atoms with Gasteiger partial charge in [0, 0.05) is 13.1 Å². The van der Waals surface area contributed by atoms with Crippen molar-refractivity contribution >= 4 is 5.91 Å². The second kappa shape index (κ2) is 5.33. The first-order chi connectivity index (χ1) is 9.25. The molecule has 1 aromatic rings. The zero-order valence-corrected chi connectivity index (χ0v) is 11.6. The van der Waals surface area contributed by atoms with Crippen LogP contribution in [0.5, 0.6) is 0 Å². The topological polar surface area (TPSA) is 23.6 Å². The minimum Gasteiger partial charge on any atom is -0.337 e. The number of carbonyl (C=O) groups is 1. The van der Waals surface area contributed by atoms with E-state index in [-0.39, 0.29) is 6.04 Å². The minimum absolute atomic E-state index is 0.110. The Balaban J connectivity index is 1.72. The van der Waals surface area contributed by atoms with Crippen LogP contribution < -0.4 is 0 Å². The van der Waals surface area contributed by atoms with E-state index in [2.05, 4.69) is 41.1 Å². The zero-order chi connectivity index (χ0) is 13.2. The smallest absolute Gasteiger partial charge is 0.240 e. The van der Waals surface area contributed by atoms with Crippen LogP contribution in [0.15, 0.2) is 24.3 Å². The number of rotatable bonds is 1. The molecule has 1 amide bonds. The molecule has 2 aliphatic rings. The standard InChI is InChI=1S/C16H22N2O/c1-17-10-5-4-8-15(17)16(19)18-11-9-13-6-2-3-7-14(13)12-18/h2-3,6-7,15H,4-5,8-12H2,1H3. The molecule has 0 aromatic heterocycles. The van der Waals surface area contributed by atoms with Gasteiger partial charge in [-0.1, -0.05) is 30.7 Å². The number of fused-ring (bicyclic) bond motifs is 1. The number of likely N-dealkylation sites (N-methyl/N-ethyl adjacent to an activating group) is 1. The lowest BCUT2D eigenvalue weighted by Gasteiger charge is -2.37. The van der Waals surface area contributed by atoms with Gasteiger partial charge in [-0.15, -0.1) is 0 Å². The van der Waals surface area contributed by atoms with Gasteiger partial charge in [0.2, 0.25) is 5.91 Å². The van der Waals surface area contributed by atoms with Crippen molar-refractivity contribution in [1.29, 1.82) is 0 Å². The van der Waals surface area contributed by atoms with E-state index in [0.717, 1.165) is 32.5 Å². The second-order valence-corrected chi connectivity index (χ2v) is 5.77. The third-order valence-electron chi connectivity index (χ3n) is 4.50. The highest BCUT2D eigenvalue weighted by Gasteiger charge is 2.31. The third-order valence-corrected chi connectivity index (χ3v) is 4.50. The number of piperidine rings is 1. The highest BCUT2D eigenvalue weighted by Crippen LogP contribution is 2.22. The van der Waals surface area contributed by atoms with Gasteiger partial charge in [-0.25, -0.2) is 0 Å². The fourth-order valence-corrected chi connectivity index (χ4v) is 3.28. The van der Waals surface area contributed by atoms with Gasteiger partial charge in [-0.3, -0.25) is 9.69 Å². The molecule has 0 spiro atoms. The first-order valence-corrected chi connectivity index (χ1v) is 7.31. The fraction of sp³-hybridized carbons (Fsp3) is 0.562. The van der Waals surface area contributed by atoms with E-state index < -0.39 is 0 Å². The van der Waals surface area contributed by atoms with Crippen molar-refractivity contribution in [2.24, 2.45) is 0 Å². The van der Waals surface area contributed by atoms with Gasteiger partial charge in [-0.2, -0.15) is 0 Å².